The zero-order valence-electron chi connectivity index (χ0n) is 7.63. The van der Waals surface area contributed by atoms with Crippen molar-refractivity contribution in [2.24, 2.45) is 0 Å². The van der Waals surface area contributed by atoms with Gasteiger partial charge in [-0.25, -0.2) is 4.39 Å². The Kier molecular flexibility index (Phi) is 2.19. The fraction of sp³-hybridized carbons (Fsp3) is 0.400. The van der Waals surface area contributed by atoms with Gasteiger partial charge in [0.1, 0.15) is 5.82 Å². The van der Waals surface area contributed by atoms with E-state index in [-0.39, 0.29) is 5.82 Å². The molecule has 1 atom stereocenters. The zero-order chi connectivity index (χ0) is 9.26. The summed E-state index contributed by atoms with van der Waals surface area (Å²) < 4.78 is 12.8. The van der Waals surface area contributed by atoms with Crippen LogP contribution >= 0.6 is 0 Å². The van der Waals surface area contributed by atoms with Crippen LogP contribution in [0.25, 0.3) is 0 Å². The average Bonchev–Trinajstić information content (AvgIpc) is 2.85. The van der Waals surface area contributed by atoms with Crippen LogP contribution in [0.3, 0.4) is 0 Å². The first-order chi connectivity index (χ1) is 6.31. The van der Waals surface area contributed by atoms with Crippen molar-refractivity contribution < 1.29 is 4.39 Å². The number of rotatable bonds is 3. The molecule has 1 unspecified atom stereocenters. The predicted molar refractivity (Wildman–Crippen MR) is 51.5 cm³/mol. The maximum absolute atomic E-state index is 12.8. The van der Waals surface area contributed by atoms with Crippen LogP contribution in [-0.2, 0) is 0 Å². The second-order valence-electron chi connectivity index (χ2n) is 3.34. The molecule has 0 bridgehead atoms. The normalized spacial score (nSPS) is 20.5. The van der Waals surface area contributed by atoms with E-state index in [1.165, 1.54) is 6.07 Å². The van der Waals surface area contributed by atoms with Crippen LogP contribution in [0, 0.1) is 5.82 Å². The maximum Gasteiger partial charge on any atom is 0.125 e. The number of likely N-dealkylation sites (N-methyl/N-ethyl adjacent to an activating group) is 1. The molecule has 0 aliphatic carbocycles. The molecule has 1 aromatic carbocycles. The van der Waals surface area contributed by atoms with Gasteiger partial charge in [0.2, 0.25) is 0 Å². The van der Waals surface area contributed by atoms with Crippen LogP contribution in [0.15, 0.2) is 24.3 Å². The zero-order valence-corrected chi connectivity index (χ0v) is 7.63. The van der Waals surface area contributed by atoms with Gasteiger partial charge < -0.3 is 10.2 Å². The fourth-order valence-electron chi connectivity index (χ4n) is 1.56. The van der Waals surface area contributed by atoms with Crippen LogP contribution in [-0.4, -0.2) is 26.2 Å². The van der Waals surface area contributed by atoms with E-state index in [9.17, 15) is 4.39 Å². The summed E-state index contributed by atoms with van der Waals surface area (Å²) in [6.07, 6.45) is 0. The SMILES string of the molecule is CNCC1CN1c1cccc(F)c1. The van der Waals surface area contributed by atoms with Crippen LogP contribution in [0.2, 0.25) is 0 Å². The molecular weight excluding hydrogens is 167 g/mol. The molecule has 0 spiro atoms. The van der Waals surface area contributed by atoms with Crippen molar-refractivity contribution in [3.63, 3.8) is 0 Å². The molecule has 3 heteroatoms. The van der Waals surface area contributed by atoms with Gasteiger partial charge in [0, 0.05) is 18.8 Å². The number of nitrogens with one attached hydrogen (secondary N) is 1. The number of hydrogen-bond donors (Lipinski definition) is 1. The van der Waals surface area contributed by atoms with Gasteiger partial charge in [-0.05, 0) is 25.2 Å². The summed E-state index contributed by atoms with van der Waals surface area (Å²) in [6.45, 7) is 2.00. The number of anilines is 1. The summed E-state index contributed by atoms with van der Waals surface area (Å²) >= 11 is 0. The molecular formula is C10H13FN2. The van der Waals surface area contributed by atoms with E-state index in [4.69, 9.17) is 0 Å². The van der Waals surface area contributed by atoms with Crippen LogP contribution < -0.4 is 10.2 Å². The molecule has 13 heavy (non-hydrogen) atoms. The lowest BCUT2D eigenvalue weighted by Crippen LogP contribution is -2.17. The third-order valence-electron chi connectivity index (χ3n) is 2.29. The third kappa shape index (κ3) is 1.80. The molecule has 0 radical (unpaired) electrons. The smallest absolute Gasteiger partial charge is 0.125 e. The lowest BCUT2D eigenvalue weighted by Gasteiger charge is -2.04. The summed E-state index contributed by atoms with van der Waals surface area (Å²) in [5.41, 5.74) is 0.986. The molecule has 70 valence electrons. The molecule has 2 rings (SSSR count). The highest BCUT2D eigenvalue weighted by Gasteiger charge is 2.33. The number of nitrogens with zero attached hydrogens (tertiary/aromatic N) is 1. The van der Waals surface area contributed by atoms with Gasteiger partial charge in [-0.3, -0.25) is 0 Å². The Bertz CT molecular complexity index is 301. The second-order valence-corrected chi connectivity index (χ2v) is 3.34. The number of halogens is 1. The van der Waals surface area contributed by atoms with Crippen LogP contribution in [0.1, 0.15) is 0 Å². The highest BCUT2D eigenvalue weighted by atomic mass is 19.1. The largest absolute Gasteiger partial charge is 0.363 e. The molecule has 0 saturated carbocycles. The standard InChI is InChI=1S/C10H13FN2/c1-12-6-10-7-13(10)9-4-2-3-8(11)5-9/h2-5,10,12H,6-7H2,1H3. The Morgan fingerprint density at radius 2 is 2.46 bits per heavy atom. The average molecular weight is 180 g/mol. The van der Waals surface area contributed by atoms with E-state index in [0.29, 0.717) is 6.04 Å². The van der Waals surface area contributed by atoms with E-state index >= 15 is 0 Å². The summed E-state index contributed by atoms with van der Waals surface area (Å²) in [5, 5.41) is 3.11. The van der Waals surface area contributed by atoms with Crippen molar-refractivity contribution in [3.8, 4) is 0 Å². The lowest BCUT2D eigenvalue weighted by molar-refractivity contribution is 0.628. The molecule has 0 amide bonds. The summed E-state index contributed by atoms with van der Waals surface area (Å²) in [5.74, 6) is -0.160. The van der Waals surface area contributed by atoms with Gasteiger partial charge in [-0.15, -0.1) is 0 Å². The minimum atomic E-state index is -0.160. The highest BCUT2D eigenvalue weighted by molar-refractivity contribution is 5.53. The van der Waals surface area contributed by atoms with Gasteiger partial charge in [0.05, 0.1) is 6.04 Å². The number of benzene rings is 1. The van der Waals surface area contributed by atoms with E-state index in [2.05, 4.69) is 10.2 Å². The monoisotopic (exact) mass is 180 g/mol. The molecule has 1 aromatic rings. The van der Waals surface area contributed by atoms with Crippen molar-refractivity contribution >= 4 is 5.69 Å². The Hall–Kier alpha value is -1.09. The summed E-state index contributed by atoms with van der Waals surface area (Å²) in [7, 11) is 1.93. The van der Waals surface area contributed by atoms with Gasteiger partial charge in [-0.1, -0.05) is 6.07 Å². The Morgan fingerprint density at radius 1 is 1.62 bits per heavy atom. The molecule has 1 aliphatic rings. The molecule has 1 heterocycles. The van der Waals surface area contributed by atoms with Crippen LogP contribution in [0.5, 0.6) is 0 Å². The predicted octanol–water partition coefficient (Wildman–Crippen LogP) is 1.23. The quantitative estimate of drug-likeness (QED) is 0.704. The van der Waals surface area contributed by atoms with Gasteiger partial charge in [-0.2, -0.15) is 0 Å². The fourth-order valence-corrected chi connectivity index (χ4v) is 1.56. The molecule has 0 aromatic heterocycles. The topological polar surface area (TPSA) is 15.0 Å². The Balaban J connectivity index is 2.03. The maximum atomic E-state index is 12.8. The molecule has 1 saturated heterocycles. The molecule has 1 N–H and O–H groups in total. The second kappa shape index (κ2) is 3.34. The van der Waals surface area contributed by atoms with Gasteiger partial charge in [0.25, 0.3) is 0 Å². The number of hydrogen-bond acceptors (Lipinski definition) is 2. The summed E-state index contributed by atoms with van der Waals surface area (Å²) in [4.78, 5) is 2.18. The Morgan fingerprint density at radius 3 is 3.15 bits per heavy atom. The lowest BCUT2D eigenvalue weighted by atomic mass is 10.3. The van der Waals surface area contributed by atoms with E-state index in [1.54, 1.807) is 12.1 Å². The molecule has 1 fully saturated rings. The van der Waals surface area contributed by atoms with Crippen molar-refractivity contribution in [1.82, 2.24) is 5.32 Å². The Labute approximate surface area is 77.4 Å². The third-order valence-corrected chi connectivity index (χ3v) is 2.29. The summed E-state index contributed by atoms with van der Waals surface area (Å²) in [6, 6.07) is 7.29. The molecule has 1 aliphatic heterocycles. The van der Waals surface area contributed by atoms with E-state index in [1.807, 2.05) is 13.1 Å². The first-order valence-electron chi connectivity index (χ1n) is 4.48. The van der Waals surface area contributed by atoms with Gasteiger partial charge in [0.15, 0.2) is 0 Å². The van der Waals surface area contributed by atoms with Crippen molar-refractivity contribution in [2.45, 2.75) is 6.04 Å². The van der Waals surface area contributed by atoms with E-state index < -0.39 is 0 Å². The first-order valence-corrected chi connectivity index (χ1v) is 4.48. The molecule has 2 nitrogen and oxygen atoms in total. The van der Waals surface area contributed by atoms with Crippen LogP contribution in [0.4, 0.5) is 10.1 Å². The van der Waals surface area contributed by atoms with Crippen molar-refractivity contribution in [2.75, 3.05) is 25.0 Å². The van der Waals surface area contributed by atoms with E-state index in [0.717, 1.165) is 18.8 Å². The van der Waals surface area contributed by atoms with Crippen molar-refractivity contribution in [1.29, 1.82) is 0 Å². The minimum Gasteiger partial charge on any atom is -0.363 e. The first kappa shape index (κ1) is 8.51. The van der Waals surface area contributed by atoms with Crippen molar-refractivity contribution in [3.05, 3.63) is 30.1 Å². The van der Waals surface area contributed by atoms with Gasteiger partial charge >= 0.3 is 0 Å². The highest BCUT2D eigenvalue weighted by Crippen LogP contribution is 2.27. The minimum absolute atomic E-state index is 0.160.